The number of hydrogen-bond acceptors (Lipinski definition) is 4. The fourth-order valence-corrected chi connectivity index (χ4v) is 4.47. The Bertz CT molecular complexity index is 1050. The van der Waals surface area contributed by atoms with Crippen molar-refractivity contribution in [1.29, 1.82) is 5.26 Å². The lowest BCUT2D eigenvalue weighted by atomic mass is 9.80. The molecule has 3 aliphatic rings. The number of pyridine rings is 1. The number of amidine groups is 1. The van der Waals surface area contributed by atoms with Crippen molar-refractivity contribution in [2.24, 2.45) is 5.92 Å². The van der Waals surface area contributed by atoms with Crippen LogP contribution in [-0.4, -0.2) is 28.2 Å². The second kappa shape index (κ2) is 7.58. The standard InChI is InChI=1S/C24H23N5/c25-16-18-8-6-17(7-9-18)15-21-5-2-14-29(22(21)19-3-1-4-19)24-27-23(28-24)20-10-12-26-13-11-20/h6-13,21H,1-5,14-15H2/p+1. The third kappa shape index (κ3) is 3.44. The number of benzene rings is 1. The summed E-state index contributed by atoms with van der Waals surface area (Å²) in [6, 6.07) is 14.3. The Morgan fingerprint density at radius 1 is 1.10 bits per heavy atom. The van der Waals surface area contributed by atoms with Crippen molar-refractivity contribution in [1.82, 2.24) is 19.9 Å². The Hall–Kier alpha value is -3.35. The molecular weight excluding hydrogens is 358 g/mol. The minimum atomic E-state index is 0.515. The maximum Gasteiger partial charge on any atom is 0.409 e. The molecule has 1 aromatic carbocycles. The van der Waals surface area contributed by atoms with E-state index in [4.69, 9.17) is 9.93 Å². The number of likely N-dealkylation sites (tertiary alicyclic amines) is 1. The summed E-state index contributed by atoms with van der Waals surface area (Å²) in [5, 5.41) is 12.5. The number of nitrogens with zero attached hydrogens (tertiary/aromatic N) is 4. The van der Waals surface area contributed by atoms with E-state index in [1.165, 1.54) is 43.4 Å². The fraction of sp³-hybridized carbons (Fsp3) is 0.333. The van der Waals surface area contributed by atoms with E-state index in [0.717, 1.165) is 35.9 Å². The van der Waals surface area contributed by atoms with Gasteiger partial charge in [0.25, 0.3) is 5.84 Å². The molecule has 0 bridgehead atoms. The van der Waals surface area contributed by atoms with Gasteiger partial charge in [-0.3, -0.25) is 4.98 Å². The van der Waals surface area contributed by atoms with E-state index in [-0.39, 0.29) is 0 Å². The van der Waals surface area contributed by atoms with Crippen molar-refractivity contribution in [2.75, 3.05) is 6.54 Å². The molecular formula is C24H24N5+. The Labute approximate surface area is 171 Å². The Balaban J connectivity index is 1.43. The Morgan fingerprint density at radius 3 is 2.52 bits per heavy atom. The van der Waals surface area contributed by atoms with Crippen LogP contribution >= 0.6 is 0 Å². The van der Waals surface area contributed by atoms with Gasteiger partial charge in [0.15, 0.2) is 0 Å². The lowest BCUT2D eigenvalue weighted by molar-refractivity contribution is 0.309. The van der Waals surface area contributed by atoms with Crippen molar-refractivity contribution < 1.29 is 0 Å². The maximum atomic E-state index is 9.05. The Morgan fingerprint density at radius 2 is 1.86 bits per heavy atom. The van der Waals surface area contributed by atoms with E-state index >= 15 is 0 Å². The van der Waals surface area contributed by atoms with E-state index in [2.05, 4.69) is 33.4 Å². The summed E-state index contributed by atoms with van der Waals surface area (Å²) in [5.41, 5.74) is 6.20. The van der Waals surface area contributed by atoms with Gasteiger partial charge in [-0.15, -0.1) is 0 Å². The lowest BCUT2D eigenvalue weighted by Crippen LogP contribution is -2.56. The van der Waals surface area contributed by atoms with E-state index in [1.807, 2.05) is 24.3 Å². The van der Waals surface area contributed by atoms with Crippen molar-refractivity contribution >= 4 is 11.8 Å². The minimum absolute atomic E-state index is 0.515. The average Bonchev–Trinajstić information content (AvgIpc) is 2.69. The highest BCUT2D eigenvalue weighted by atomic mass is 15.4. The van der Waals surface area contributed by atoms with Crippen LogP contribution < -0.4 is 9.98 Å². The molecule has 2 aliphatic heterocycles. The highest BCUT2D eigenvalue weighted by Gasteiger charge is 2.39. The molecule has 2 fully saturated rings. The van der Waals surface area contributed by atoms with Gasteiger partial charge in [0.2, 0.25) is 0 Å². The molecule has 5 heteroatoms. The molecule has 1 unspecified atom stereocenters. The molecule has 1 aromatic heterocycles. The quantitative estimate of drug-likeness (QED) is 0.829. The molecule has 1 aliphatic carbocycles. The first kappa shape index (κ1) is 17.7. The molecule has 5 rings (SSSR count). The monoisotopic (exact) mass is 382 g/mol. The van der Waals surface area contributed by atoms with Gasteiger partial charge in [-0.2, -0.15) is 5.26 Å². The van der Waals surface area contributed by atoms with Crippen LogP contribution in [0, 0.1) is 17.2 Å². The average molecular weight is 382 g/mol. The van der Waals surface area contributed by atoms with Gasteiger partial charge in [0.05, 0.1) is 29.4 Å². The molecule has 0 spiro atoms. The van der Waals surface area contributed by atoms with Gasteiger partial charge in [-0.25, -0.2) is 14.9 Å². The molecule has 0 amide bonds. The number of allylic oxidation sites excluding steroid dienone is 2. The minimum Gasteiger partial charge on any atom is -0.265 e. The molecule has 1 saturated carbocycles. The highest BCUT2D eigenvalue weighted by Crippen LogP contribution is 2.39. The second-order valence-electron chi connectivity index (χ2n) is 7.99. The van der Waals surface area contributed by atoms with Crippen LogP contribution in [0.5, 0.6) is 0 Å². The topological polar surface area (TPSA) is 66.0 Å². The van der Waals surface area contributed by atoms with Crippen LogP contribution in [0.2, 0.25) is 0 Å². The van der Waals surface area contributed by atoms with E-state index in [0.29, 0.717) is 5.92 Å². The SMILES string of the molecule is N#Cc1ccc(CC2CCCN(C3=[N+]=C(c4ccncc4)N3)C2=C2CCC2)cc1. The number of hydrogen-bond donors (Lipinski definition) is 1. The molecule has 2 aromatic rings. The van der Waals surface area contributed by atoms with Crippen molar-refractivity contribution in [3.63, 3.8) is 0 Å². The van der Waals surface area contributed by atoms with Gasteiger partial charge in [-0.05, 0) is 73.9 Å². The summed E-state index contributed by atoms with van der Waals surface area (Å²) in [6.07, 6.45) is 10.7. The number of piperidine rings is 1. The van der Waals surface area contributed by atoms with Gasteiger partial charge in [0, 0.05) is 18.3 Å². The molecule has 29 heavy (non-hydrogen) atoms. The highest BCUT2D eigenvalue weighted by molar-refractivity contribution is 6.15. The number of nitrogens with one attached hydrogen (secondary N) is 1. The third-order valence-corrected chi connectivity index (χ3v) is 6.15. The zero-order valence-corrected chi connectivity index (χ0v) is 16.4. The van der Waals surface area contributed by atoms with Crippen LogP contribution in [-0.2, 0) is 6.42 Å². The van der Waals surface area contributed by atoms with Crippen molar-refractivity contribution in [3.8, 4) is 6.07 Å². The van der Waals surface area contributed by atoms with Crippen LogP contribution in [0.25, 0.3) is 0 Å². The fourth-order valence-electron chi connectivity index (χ4n) is 4.47. The summed E-state index contributed by atoms with van der Waals surface area (Å²) in [6.45, 7) is 1.03. The molecule has 1 atom stereocenters. The van der Waals surface area contributed by atoms with E-state index in [9.17, 15) is 0 Å². The van der Waals surface area contributed by atoms with E-state index in [1.54, 1.807) is 18.0 Å². The summed E-state index contributed by atoms with van der Waals surface area (Å²) < 4.78 is 4.82. The molecule has 0 radical (unpaired) electrons. The number of guanidine groups is 1. The van der Waals surface area contributed by atoms with Crippen LogP contribution in [0.4, 0.5) is 0 Å². The number of nitriles is 1. The zero-order chi connectivity index (χ0) is 19.6. The summed E-state index contributed by atoms with van der Waals surface area (Å²) >= 11 is 0. The van der Waals surface area contributed by atoms with E-state index < -0.39 is 0 Å². The molecule has 5 nitrogen and oxygen atoms in total. The molecule has 3 heterocycles. The first-order chi connectivity index (χ1) is 14.3. The normalized spacial score (nSPS) is 20.7. The predicted octanol–water partition coefficient (Wildman–Crippen LogP) is 3.12. The summed E-state index contributed by atoms with van der Waals surface area (Å²) in [4.78, 5) is 6.51. The van der Waals surface area contributed by atoms with Crippen molar-refractivity contribution in [2.45, 2.75) is 38.5 Å². The van der Waals surface area contributed by atoms with Gasteiger partial charge >= 0.3 is 5.96 Å². The van der Waals surface area contributed by atoms with Crippen LogP contribution in [0.15, 0.2) is 60.1 Å². The molecule has 144 valence electrons. The predicted molar refractivity (Wildman–Crippen MR) is 114 cm³/mol. The van der Waals surface area contributed by atoms with Gasteiger partial charge in [-0.1, -0.05) is 12.1 Å². The van der Waals surface area contributed by atoms with Gasteiger partial charge in [0.1, 0.15) is 0 Å². The number of aromatic nitrogens is 1. The summed E-state index contributed by atoms with van der Waals surface area (Å²) in [5.74, 6) is 2.42. The maximum absolute atomic E-state index is 9.05. The Kier molecular flexibility index (Phi) is 4.63. The zero-order valence-electron chi connectivity index (χ0n) is 16.4. The van der Waals surface area contributed by atoms with Crippen molar-refractivity contribution in [3.05, 3.63) is 76.8 Å². The second-order valence-corrected chi connectivity index (χ2v) is 7.99. The molecule has 1 N–H and O–H groups in total. The molecule has 1 saturated heterocycles. The smallest absolute Gasteiger partial charge is 0.265 e. The number of rotatable bonds is 3. The first-order valence-electron chi connectivity index (χ1n) is 10.4. The summed E-state index contributed by atoms with van der Waals surface area (Å²) in [7, 11) is 0. The van der Waals surface area contributed by atoms with Crippen LogP contribution in [0.1, 0.15) is 48.8 Å². The lowest BCUT2D eigenvalue weighted by Gasteiger charge is -2.38. The van der Waals surface area contributed by atoms with Crippen LogP contribution in [0.3, 0.4) is 0 Å². The first-order valence-corrected chi connectivity index (χ1v) is 10.4. The van der Waals surface area contributed by atoms with Gasteiger partial charge < -0.3 is 0 Å². The largest absolute Gasteiger partial charge is 0.409 e. The third-order valence-electron chi connectivity index (χ3n) is 6.15.